The molecule has 0 unspecified atom stereocenters. The molecule has 0 atom stereocenters. The van der Waals surface area contributed by atoms with Gasteiger partial charge in [-0.15, -0.1) is 0 Å². The van der Waals surface area contributed by atoms with Gasteiger partial charge in [-0.05, 0) is 45.4 Å². The summed E-state index contributed by atoms with van der Waals surface area (Å²) in [7, 11) is 0. The molecule has 2 aromatic rings. The van der Waals surface area contributed by atoms with Crippen LogP contribution in [-0.2, 0) is 0 Å². The highest BCUT2D eigenvalue weighted by molar-refractivity contribution is 6.32. The van der Waals surface area contributed by atoms with Gasteiger partial charge in [-0.1, -0.05) is 17.7 Å². The zero-order chi connectivity index (χ0) is 14.2. The molecular formula is C14H18ClN3O. The number of nitrogen functional groups attached to an aromatic ring is 1. The van der Waals surface area contributed by atoms with Gasteiger partial charge in [0.25, 0.3) is 0 Å². The van der Waals surface area contributed by atoms with Crippen molar-refractivity contribution < 1.29 is 4.74 Å². The SMILES string of the molecule is Cc1ccc(Oc2c(N)c(C)nn2C(C)C)c(Cl)c1. The minimum atomic E-state index is 0.162. The molecule has 0 aliphatic carbocycles. The lowest BCUT2D eigenvalue weighted by Gasteiger charge is -2.13. The first kappa shape index (κ1) is 13.7. The Labute approximate surface area is 118 Å². The summed E-state index contributed by atoms with van der Waals surface area (Å²) in [6.45, 7) is 7.88. The molecule has 0 saturated heterocycles. The highest BCUT2D eigenvalue weighted by Crippen LogP contribution is 2.35. The lowest BCUT2D eigenvalue weighted by atomic mass is 10.2. The highest BCUT2D eigenvalue weighted by atomic mass is 35.5. The van der Waals surface area contributed by atoms with Crippen molar-refractivity contribution in [2.75, 3.05) is 5.73 Å². The average Bonchev–Trinajstić information content (AvgIpc) is 2.61. The molecular weight excluding hydrogens is 262 g/mol. The van der Waals surface area contributed by atoms with E-state index in [1.165, 1.54) is 0 Å². The van der Waals surface area contributed by atoms with Gasteiger partial charge in [-0.2, -0.15) is 5.10 Å². The van der Waals surface area contributed by atoms with Crippen molar-refractivity contribution in [2.24, 2.45) is 0 Å². The second-order valence-corrected chi connectivity index (χ2v) is 5.29. The van der Waals surface area contributed by atoms with Gasteiger partial charge in [0.05, 0.1) is 16.8 Å². The zero-order valence-corrected chi connectivity index (χ0v) is 12.3. The van der Waals surface area contributed by atoms with Crippen molar-refractivity contribution in [3.05, 3.63) is 34.5 Å². The second kappa shape index (κ2) is 5.13. The molecule has 2 N–H and O–H groups in total. The summed E-state index contributed by atoms with van der Waals surface area (Å²) in [5, 5.41) is 4.94. The smallest absolute Gasteiger partial charge is 0.241 e. The largest absolute Gasteiger partial charge is 0.436 e. The molecule has 2 rings (SSSR count). The third-order valence-electron chi connectivity index (χ3n) is 2.87. The highest BCUT2D eigenvalue weighted by Gasteiger charge is 2.17. The molecule has 0 aliphatic heterocycles. The first-order chi connectivity index (χ1) is 8.90. The molecule has 0 radical (unpaired) electrons. The van der Waals surface area contributed by atoms with Crippen LogP contribution in [0.5, 0.6) is 11.6 Å². The predicted molar refractivity (Wildman–Crippen MR) is 78.0 cm³/mol. The lowest BCUT2D eigenvalue weighted by Crippen LogP contribution is -2.05. The molecule has 1 aromatic carbocycles. The summed E-state index contributed by atoms with van der Waals surface area (Å²) in [5.74, 6) is 1.12. The van der Waals surface area contributed by atoms with Crippen molar-refractivity contribution in [2.45, 2.75) is 33.7 Å². The van der Waals surface area contributed by atoms with Gasteiger partial charge in [-0.25, -0.2) is 4.68 Å². The second-order valence-electron chi connectivity index (χ2n) is 4.88. The Morgan fingerprint density at radius 1 is 1.32 bits per heavy atom. The Hall–Kier alpha value is -1.68. The number of nitrogens with zero attached hydrogens (tertiary/aromatic N) is 2. The van der Waals surface area contributed by atoms with Crippen LogP contribution >= 0.6 is 11.6 Å². The fourth-order valence-corrected chi connectivity index (χ4v) is 2.06. The van der Waals surface area contributed by atoms with Gasteiger partial charge >= 0.3 is 0 Å². The van der Waals surface area contributed by atoms with Gasteiger partial charge in [0.1, 0.15) is 11.4 Å². The van der Waals surface area contributed by atoms with E-state index in [-0.39, 0.29) is 6.04 Å². The maximum absolute atomic E-state index is 6.17. The maximum atomic E-state index is 6.17. The number of nitrogens with two attached hydrogens (primary N) is 1. The molecule has 19 heavy (non-hydrogen) atoms. The van der Waals surface area contributed by atoms with Crippen LogP contribution in [0.2, 0.25) is 5.02 Å². The molecule has 0 amide bonds. The first-order valence-corrected chi connectivity index (χ1v) is 6.56. The molecule has 0 bridgehead atoms. The summed E-state index contributed by atoms with van der Waals surface area (Å²) in [5.41, 5.74) is 8.40. The minimum Gasteiger partial charge on any atom is -0.436 e. The van der Waals surface area contributed by atoms with E-state index in [4.69, 9.17) is 22.1 Å². The number of anilines is 1. The van der Waals surface area contributed by atoms with E-state index < -0.39 is 0 Å². The van der Waals surface area contributed by atoms with Crippen molar-refractivity contribution in [1.29, 1.82) is 0 Å². The van der Waals surface area contributed by atoms with Crippen molar-refractivity contribution >= 4 is 17.3 Å². The van der Waals surface area contributed by atoms with E-state index >= 15 is 0 Å². The fourth-order valence-electron chi connectivity index (χ4n) is 1.78. The van der Waals surface area contributed by atoms with Crippen molar-refractivity contribution in [3.8, 4) is 11.6 Å². The molecule has 5 heteroatoms. The van der Waals surface area contributed by atoms with Gasteiger partial charge in [0, 0.05) is 0 Å². The van der Waals surface area contributed by atoms with Crippen LogP contribution in [0, 0.1) is 13.8 Å². The maximum Gasteiger partial charge on any atom is 0.241 e. The third kappa shape index (κ3) is 2.68. The number of rotatable bonds is 3. The quantitative estimate of drug-likeness (QED) is 0.920. The Morgan fingerprint density at radius 2 is 2.00 bits per heavy atom. The van der Waals surface area contributed by atoms with Crippen molar-refractivity contribution in [1.82, 2.24) is 9.78 Å². The molecule has 0 saturated carbocycles. The summed E-state index contributed by atoms with van der Waals surface area (Å²) in [6.07, 6.45) is 0. The van der Waals surface area contributed by atoms with Crippen LogP contribution in [0.15, 0.2) is 18.2 Å². The van der Waals surface area contributed by atoms with E-state index in [1.54, 1.807) is 4.68 Å². The van der Waals surface area contributed by atoms with Crippen LogP contribution < -0.4 is 10.5 Å². The normalized spacial score (nSPS) is 11.1. The molecule has 0 aliphatic rings. The Bertz CT molecular complexity index is 605. The van der Waals surface area contributed by atoms with Gasteiger partial charge in [0.15, 0.2) is 0 Å². The lowest BCUT2D eigenvalue weighted by molar-refractivity contribution is 0.390. The molecule has 1 aromatic heterocycles. The number of hydrogen-bond acceptors (Lipinski definition) is 3. The predicted octanol–water partition coefficient (Wildman–Crippen LogP) is 4.11. The average molecular weight is 280 g/mol. The van der Waals surface area contributed by atoms with Crippen LogP contribution in [0.25, 0.3) is 0 Å². The van der Waals surface area contributed by atoms with Crippen LogP contribution in [-0.4, -0.2) is 9.78 Å². The number of benzene rings is 1. The minimum absolute atomic E-state index is 0.162. The molecule has 102 valence electrons. The van der Waals surface area contributed by atoms with Gasteiger partial charge in [0.2, 0.25) is 5.88 Å². The van der Waals surface area contributed by atoms with E-state index in [9.17, 15) is 0 Å². The molecule has 4 nitrogen and oxygen atoms in total. The topological polar surface area (TPSA) is 53.1 Å². The Morgan fingerprint density at radius 3 is 2.58 bits per heavy atom. The summed E-state index contributed by atoms with van der Waals surface area (Å²) < 4.78 is 7.62. The number of halogens is 1. The monoisotopic (exact) mass is 279 g/mol. The van der Waals surface area contributed by atoms with Crippen LogP contribution in [0.3, 0.4) is 0 Å². The Balaban J connectivity index is 2.43. The van der Waals surface area contributed by atoms with E-state index in [2.05, 4.69) is 5.10 Å². The van der Waals surface area contributed by atoms with Gasteiger partial charge in [-0.3, -0.25) is 0 Å². The fraction of sp³-hybridized carbons (Fsp3) is 0.357. The zero-order valence-electron chi connectivity index (χ0n) is 11.6. The number of ether oxygens (including phenoxy) is 1. The van der Waals surface area contributed by atoms with E-state index in [0.29, 0.717) is 22.3 Å². The van der Waals surface area contributed by atoms with E-state index in [0.717, 1.165) is 11.3 Å². The van der Waals surface area contributed by atoms with E-state index in [1.807, 2.05) is 45.9 Å². The number of hydrogen-bond donors (Lipinski definition) is 1. The van der Waals surface area contributed by atoms with Crippen LogP contribution in [0.1, 0.15) is 31.1 Å². The molecule has 0 fully saturated rings. The first-order valence-electron chi connectivity index (χ1n) is 6.18. The third-order valence-corrected chi connectivity index (χ3v) is 3.16. The van der Waals surface area contributed by atoms with Gasteiger partial charge < -0.3 is 10.5 Å². The van der Waals surface area contributed by atoms with Crippen molar-refractivity contribution in [3.63, 3.8) is 0 Å². The summed E-state index contributed by atoms with van der Waals surface area (Å²) >= 11 is 6.17. The van der Waals surface area contributed by atoms with Crippen LogP contribution in [0.4, 0.5) is 5.69 Å². The Kier molecular flexibility index (Phi) is 3.71. The molecule has 0 spiro atoms. The summed E-state index contributed by atoms with van der Waals surface area (Å²) in [4.78, 5) is 0. The number of aryl methyl sites for hydroxylation is 2. The standard InChI is InChI=1S/C14H18ClN3O/c1-8(2)18-14(13(16)10(4)17-18)19-12-6-5-9(3)7-11(12)15/h5-8H,16H2,1-4H3. The summed E-state index contributed by atoms with van der Waals surface area (Å²) in [6, 6.07) is 5.80. The number of aromatic nitrogens is 2. The molecule has 1 heterocycles.